The zero-order valence-electron chi connectivity index (χ0n) is 24.5. The molecule has 1 fully saturated rings. The first-order valence-corrected chi connectivity index (χ1v) is 15.9. The molecule has 5 aromatic rings. The van der Waals surface area contributed by atoms with Gasteiger partial charge in [-0.3, -0.25) is 23.9 Å². The van der Waals surface area contributed by atoms with Crippen molar-refractivity contribution in [2.75, 3.05) is 11.9 Å². The number of amides is 1. The fraction of sp³-hybridized carbons (Fsp3) is 0.303. The number of carboxylic acid groups (broad SMARTS) is 1. The van der Waals surface area contributed by atoms with E-state index in [1.165, 1.54) is 20.8 Å². The highest BCUT2D eigenvalue weighted by Crippen LogP contribution is 2.39. The van der Waals surface area contributed by atoms with E-state index in [1.807, 2.05) is 35.8 Å². The molecule has 1 N–H and O–H groups in total. The minimum atomic E-state index is -1.06. The number of rotatable bonds is 9. The summed E-state index contributed by atoms with van der Waals surface area (Å²) in [7, 11) is 1.61. The summed E-state index contributed by atoms with van der Waals surface area (Å²) >= 11 is 7.95. The zero-order valence-corrected chi connectivity index (χ0v) is 26.1. The second-order valence-electron chi connectivity index (χ2n) is 11.1. The molecular weight excluding hydrogens is 598 g/mol. The molecule has 1 aliphatic carbocycles. The molecule has 0 radical (unpaired) electrons. The first kappa shape index (κ1) is 29.8. The van der Waals surface area contributed by atoms with Crippen LogP contribution in [0.3, 0.4) is 0 Å². The number of aliphatic carboxylic acids is 1. The third kappa shape index (κ3) is 5.44. The quantitative estimate of drug-likeness (QED) is 0.174. The number of ketones is 1. The molecule has 226 valence electrons. The molecule has 0 bridgehead atoms. The number of para-hydroxylation sites is 1. The molecule has 1 amide bonds. The van der Waals surface area contributed by atoms with Gasteiger partial charge in [0, 0.05) is 34.3 Å². The van der Waals surface area contributed by atoms with Crippen LogP contribution in [0.2, 0.25) is 5.02 Å². The molecule has 1 saturated carbocycles. The van der Waals surface area contributed by atoms with Crippen LogP contribution in [0, 0.1) is 0 Å². The number of aryl methyl sites for hydroxylation is 1. The van der Waals surface area contributed by atoms with E-state index in [0.717, 1.165) is 42.4 Å². The summed E-state index contributed by atoms with van der Waals surface area (Å²) < 4.78 is 3.37. The summed E-state index contributed by atoms with van der Waals surface area (Å²) in [5.41, 5.74) is 1.73. The van der Waals surface area contributed by atoms with E-state index >= 15 is 0 Å². The van der Waals surface area contributed by atoms with E-state index in [2.05, 4.69) is 10.2 Å². The highest BCUT2D eigenvalue weighted by Gasteiger charge is 2.32. The Labute approximate surface area is 263 Å². The zero-order chi connectivity index (χ0) is 31.0. The van der Waals surface area contributed by atoms with Crippen LogP contribution in [0.5, 0.6) is 0 Å². The van der Waals surface area contributed by atoms with E-state index in [-0.39, 0.29) is 29.9 Å². The number of hydrogen-bond acceptors (Lipinski definition) is 6. The van der Waals surface area contributed by atoms with Crippen LogP contribution < -0.4 is 4.90 Å². The molecule has 44 heavy (non-hydrogen) atoms. The number of thiophene rings is 1. The lowest BCUT2D eigenvalue weighted by Crippen LogP contribution is -2.31. The molecule has 0 spiro atoms. The Morgan fingerprint density at radius 2 is 1.73 bits per heavy atom. The van der Waals surface area contributed by atoms with Crippen molar-refractivity contribution in [3.63, 3.8) is 0 Å². The maximum Gasteiger partial charge on any atom is 0.323 e. The Morgan fingerprint density at radius 1 is 1.00 bits per heavy atom. The van der Waals surface area contributed by atoms with Crippen LogP contribution in [-0.4, -0.2) is 49.1 Å². The van der Waals surface area contributed by atoms with Gasteiger partial charge in [-0.2, -0.15) is 0 Å². The van der Waals surface area contributed by atoms with E-state index in [0.29, 0.717) is 38.9 Å². The van der Waals surface area contributed by atoms with Crippen molar-refractivity contribution in [3.8, 4) is 5.00 Å². The van der Waals surface area contributed by atoms with Crippen LogP contribution in [-0.2, 0) is 17.8 Å². The molecule has 3 heterocycles. The molecule has 2 aromatic carbocycles. The van der Waals surface area contributed by atoms with Crippen molar-refractivity contribution in [1.29, 1.82) is 0 Å². The van der Waals surface area contributed by atoms with Gasteiger partial charge in [-0.15, -0.1) is 21.5 Å². The van der Waals surface area contributed by atoms with Gasteiger partial charge in [0.15, 0.2) is 5.78 Å². The number of hydrogen-bond donors (Lipinski definition) is 1. The maximum absolute atomic E-state index is 14.2. The van der Waals surface area contributed by atoms with Gasteiger partial charge in [-0.25, -0.2) is 0 Å². The molecule has 0 atom stereocenters. The number of carboxylic acids is 1. The number of fused-ring (bicyclic) bond motifs is 1. The average molecular weight is 630 g/mol. The van der Waals surface area contributed by atoms with Gasteiger partial charge in [-0.1, -0.05) is 68.1 Å². The van der Waals surface area contributed by atoms with Gasteiger partial charge in [0.25, 0.3) is 5.91 Å². The third-order valence-corrected chi connectivity index (χ3v) is 9.84. The largest absolute Gasteiger partial charge is 0.480 e. The average Bonchev–Trinajstić information content (AvgIpc) is 3.76. The Morgan fingerprint density at radius 3 is 2.45 bits per heavy atom. The van der Waals surface area contributed by atoms with Crippen molar-refractivity contribution in [2.24, 2.45) is 0 Å². The summed E-state index contributed by atoms with van der Waals surface area (Å²) in [5.74, 6) is -0.617. The Kier molecular flexibility index (Phi) is 8.38. The molecule has 1 aliphatic rings. The SMILES string of the molecule is CCc1cc(C(=O)c2ccccc2Cl)c(-n2c(C3CCCCC3)nnc2N(C)C(=O)c2cc3ccccc3n2CC(=O)O)s1. The van der Waals surface area contributed by atoms with Crippen molar-refractivity contribution in [3.05, 3.63) is 93.2 Å². The minimum absolute atomic E-state index is 0.113. The highest BCUT2D eigenvalue weighted by molar-refractivity contribution is 7.15. The summed E-state index contributed by atoms with van der Waals surface area (Å²) in [5, 5.41) is 20.6. The maximum atomic E-state index is 14.2. The number of benzene rings is 2. The van der Waals surface area contributed by atoms with E-state index in [4.69, 9.17) is 11.6 Å². The number of anilines is 1. The highest BCUT2D eigenvalue weighted by atomic mass is 35.5. The van der Waals surface area contributed by atoms with Gasteiger partial charge >= 0.3 is 5.97 Å². The van der Waals surface area contributed by atoms with E-state index < -0.39 is 11.9 Å². The fourth-order valence-electron chi connectivity index (χ4n) is 6.01. The monoisotopic (exact) mass is 629 g/mol. The summed E-state index contributed by atoms with van der Waals surface area (Å²) in [6, 6.07) is 17.9. The molecule has 9 nitrogen and oxygen atoms in total. The molecule has 0 aliphatic heterocycles. The number of halogens is 1. The summed E-state index contributed by atoms with van der Waals surface area (Å²) in [4.78, 5) is 42.4. The number of aromatic nitrogens is 4. The smallest absolute Gasteiger partial charge is 0.323 e. The van der Waals surface area contributed by atoms with Gasteiger partial charge < -0.3 is 9.67 Å². The summed E-state index contributed by atoms with van der Waals surface area (Å²) in [6.07, 6.45) is 5.86. The van der Waals surface area contributed by atoms with Gasteiger partial charge in [0.2, 0.25) is 5.95 Å². The Hall–Kier alpha value is -4.28. The molecular formula is C33H32ClN5O4S. The predicted octanol–water partition coefficient (Wildman–Crippen LogP) is 7.14. The van der Waals surface area contributed by atoms with Crippen molar-refractivity contribution >= 4 is 57.4 Å². The van der Waals surface area contributed by atoms with Crippen LogP contribution in [0.4, 0.5) is 5.95 Å². The molecule has 11 heteroatoms. The lowest BCUT2D eigenvalue weighted by molar-refractivity contribution is -0.137. The number of nitrogens with zero attached hydrogens (tertiary/aromatic N) is 5. The van der Waals surface area contributed by atoms with Crippen LogP contribution in [0.1, 0.15) is 82.1 Å². The third-order valence-electron chi connectivity index (χ3n) is 8.25. The van der Waals surface area contributed by atoms with Crippen molar-refractivity contribution < 1.29 is 19.5 Å². The van der Waals surface area contributed by atoms with Crippen molar-refractivity contribution in [1.82, 2.24) is 19.3 Å². The summed E-state index contributed by atoms with van der Waals surface area (Å²) in [6.45, 7) is 1.66. The predicted molar refractivity (Wildman–Crippen MR) is 172 cm³/mol. The molecule has 0 saturated heterocycles. The standard InChI is InChI=1S/C33H32ClN5O4S/c1-3-22-18-24(29(42)23-14-8-9-15-25(23)34)32(44-22)39-30(20-11-5-4-6-12-20)35-36-33(39)37(2)31(43)27-17-21-13-7-10-16-26(21)38(27)19-28(40)41/h7-10,13-18,20H,3-6,11-12,19H2,1-2H3,(H,40,41). The molecule has 6 rings (SSSR count). The second kappa shape index (κ2) is 12.4. The topological polar surface area (TPSA) is 110 Å². The number of carbonyl (C=O) groups is 3. The van der Waals surface area contributed by atoms with Gasteiger partial charge in [0.05, 0.1) is 10.6 Å². The first-order valence-electron chi connectivity index (χ1n) is 14.7. The lowest BCUT2D eigenvalue weighted by atomic mass is 9.88. The molecule has 3 aromatic heterocycles. The van der Waals surface area contributed by atoms with Crippen molar-refractivity contribution in [2.45, 2.75) is 57.9 Å². The van der Waals surface area contributed by atoms with Crippen LogP contribution >= 0.6 is 22.9 Å². The minimum Gasteiger partial charge on any atom is -0.480 e. The Balaban J connectivity index is 1.51. The van der Waals surface area contributed by atoms with Gasteiger partial charge in [0.1, 0.15) is 23.1 Å². The first-order chi connectivity index (χ1) is 21.3. The molecule has 0 unspecified atom stereocenters. The fourth-order valence-corrected chi connectivity index (χ4v) is 7.32. The lowest BCUT2D eigenvalue weighted by Gasteiger charge is -2.23. The van der Waals surface area contributed by atoms with E-state index in [9.17, 15) is 19.5 Å². The Bertz CT molecular complexity index is 1880. The number of carbonyl (C=O) groups excluding carboxylic acids is 2. The van der Waals surface area contributed by atoms with Gasteiger partial charge in [-0.05, 0) is 49.6 Å². The second-order valence-corrected chi connectivity index (χ2v) is 12.6. The normalized spacial score (nSPS) is 13.8. The van der Waals surface area contributed by atoms with Crippen LogP contribution in [0.25, 0.3) is 15.9 Å². The van der Waals surface area contributed by atoms with E-state index in [1.54, 1.807) is 43.4 Å². The van der Waals surface area contributed by atoms with Crippen LogP contribution in [0.15, 0.2) is 60.7 Å².